The summed E-state index contributed by atoms with van der Waals surface area (Å²) in [5, 5.41) is 0. The van der Waals surface area contributed by atoms with Crippen molar-refractivity contribution >= 4 is 21.5 Å². The Balaban J connectivity index is 2.18. The molecule has 0 spiro atoms. The second-order valence-electron chi connectivity index (χ2n) is 6.67. The number of carbonyl (C=O) groups excluding carboxylic acids is 1. The van der Waals surface area contributed by atoms with Crippen LogP contribution in [0, 0.1) is 13.8 Å². The number of aryl methyl sites for hydroxylation is 3. The van der Waals surface area contributed by atoms with E-state index in [0.29, 0.717) is 23.5 Å². The maximum Gasteiger partial charge on any atom is 0.268 e. The molecule has 2 aromatic carbocycles. The van der Waals surface area contributed by atoms with Gasteiger partial charge in [-0.1, -0.05) is 12.1 Å². The Morgan fingerprint density at radius 2 is 1.81 bits per heavy atom. The average molecular weight is 373 g/mol. The second-order valence-corrected chi connectivity index (χ2v) is 8.50. The topological polar surface area (TPSA) is 63.7 Å². The third-order valence-corrected chi connectivity index (χ3v) is 6.75. The van der Waals surface area contributed by atoms with Crippen LogP contribution in [0.15, 0.2) is 35.2 Å². The van der Waals surface area contributed by atoms with Crippen molar-refractivity contribution in [3.63, 3.8) is 0 Å². The van der Waals surface area contributed by atoms with E-state index in [9.17, 15) is 13.2 Å². The lowest BCUT2D eigenvalue weighted by atomic mass is 10.00. The molecule has 0 N–H and O–H groups in total. The number of sulfonamides is 1. The molecule has 138 valence electrons. The van der Waals surface area contributed by atoms with Gasteiger partial charge in [0.2, 0.25) is 0 Å². The van der Waals surface area contributed by atoms with Crippen LogP contribution in [0.5, 0.6) is 5.75 Å². The second kappa shape index (κ2) is 6.76. The van der Waals surface area contributed by atoms with Crippen LogP contribution in [0.2, 0.25) is 0 Å². The Bertz CT molecular complexity index is 980. The third-order valence-electron chi connectivity index (χ3n) is 4.92. The molecule has 3 rings (SSSR count). The minimum Gasteiger partial charge on any atom is -0.495 e. The van der Waals surface area contributed by atoms with Gasteiger partial charge in [0, 0.05) is 12.1 Å². The van der Waals surface area contributed by atoms with E-state index in [2.05, 4.69) is 0 Å². The van der Waals surface area contributed by atoms with Crippen LogP contribution in [-0.4, -0.2) is 27.9 Å². The van der Waals surface area contributed by atoms with E-state index in [0.717, 1.165) is 29.5 Å². The fourth-order valence-corrected chi connectivity index (χ4v) is 5.01. The third kappa shape index (κ3) is 3.09. The molecule has 0 amide bonds. The van der Waals surface area contributed by atoms with Gasteiger partial charge in [0.1, 0.15) is 10.6 Å². The van der Waals surface area contributed by atoms with Gasteiger partial charge in [-0.15, -0.1) is 0 Å². The molecule has 0 aromatic heterocycles. The smallest absolute Gasteiger partial charge is 0.268 e. The lowest BCUT2D eigenvalue weighted by molar-refractivity contribution is 0.101. The number of rotatable bonds is 4. The number of hydrogen-bond donors (Lipinski definition) is 0. The van der Waals surface area contributed by atoms with Crippen molar-refractivity contribution in [2.75, 3.05) is 18.0 Å². The van der Waals surface area contributed by atoms with Gasteiger partial charge in [0.15, 0.2) is 5.78 Å². The summed E-state index contributed by atoms with van der Waals surface area (Å²) < 4.78 is 33.6. The highest BCUT2D eigenvalue weighted by Gasteiger charge is 2.32. The number of hydrogen-bond acceptors (Lipinski definition) is 4. The normalized spacial score (nSPS) is 14.1. The summed E-state index contributed by atoms with van der Waals surface area (Å²) in [6, 6.07) is 8.70. The molecule has 1 aliphatic heterocycles. The van der Waals surface area contributed by atoms with E-state index in [4.69, 9.17) is 4.74 Å². The first-order chi connectivity index (χ1) is 12.3. The van der Waals surface area contributed by atoms with Gasteiger partial charge in [0.25, 0.3) is 10.0 Å². The van der Waals surface area contributed by atoms with E-state index in [-0.39, 0.29) is 10.7 Å². The van der Waals surface area contributed by atoms with Crippen LogP contribution in [0.3, 0.4) is 0 Å². The zero-order valence-corrected chi connectivity index (χ0v) is 16.3. The molecule has 5 nitrogen and oxygen atoms in total. The van der Waals surface area contributed by atoms with E-state index in [1.54, 1.807) is 24.3 Å². The summed E-state index contributed by atoms with van der Waals surface area (Å²) in [5.74, 6) is 0.252. The minimum atomic E-state index is -3.80. The molecule has 0 radical (unpaired) electrons. The van der Waals surface area contributed by atoms with Crippen molar-refractivity contribution in [3.8, 4) is 5.75 Å². The van der Waals surface area contributed by atoms with E-state index >= 15 is 0 Å². The largest absolute Gasteiger partial charge is 0.495 e. The summed E-state index contributed by atoms with van der Waals surface area (Å²) >= 11 is 0. The Morgan fingerprint density at radius 3 is 2.46 bits per heavy atom. The summed E-state index contributed by atoms with van der Waals surface area (Å²) in [4.78, 5) is 11.9. The van der Waals surface area contributed by atoms with Gasteiger partial charge >= 0.3 is 0 Å². The fraction of sp³-hybridized carbons (Fsp3) is 0.350. The molecule has 0 bridgehead atoms. The van der Waals surface area contributed by atoms with E-state index in [1.165, 1.54) is 18.3 Å². The Morgan fingerprint density at radius 1 is 1.12 bits per heavy atom. The van der Waals surface area contributed by atoms with Crippen LogP contribution in [0.4, 0.5) is 5.69 Å². The maximum atomic E-state index is 13.4. The SMILES string of the molecule is COc1cc(C)c(C)cc1S(=O)(=O)N1CCCc2ccc(C(C)=O)cc21. The molecule has 1 heterocycles. The zero-order valence-electron chi connectivity index (χ0n) is 15.5. The number of benzene rings is 2. The van der Waals surface area contributed by atoms with Gasteiger partial charge in [-0.2, -0.15) is 0 Å². The van der Waals surface area contributed by atoms with Crippen molar-refractivity contribution in [3.05, 3.63) is 52.6 Å². The van der Waals surface area contributed by atoms with Gasteiger partial charge in [-0.25, -0.2) is 8.42 Å². The molecule has 1 aliphatic rings. The molecule has 0 saturated heterocycles. The van der Waals surface area contributed by atoms with Crippen LogP contribution in [0.25, 0.3) is 0 Å². The van der Waals surface area contributed by atoms with Gasteiger partial charge < -0.3 is 4.74 Å². The number of fused-ring (bicyclic) bond motifs is 1. The highest BCUT2D eigenvalue weighted by atomic mass is 32.2. The molecule has 0 saturated carbocycles. The number of methoxy groups -OCH3 is 1. The molecule has 0 atom stereocenters. The summed E-state index contributed by atoms with van der Waals surface area (Å²) in [6.07, 6.45) is 1.53. The standard InChI is InChI=1S/C20H23NO4S/c1-13-10-19(25-4)20(11-14(13)2)26(23,24)21-9-5-6-16-7-8-17(15(3)22)12-18(16)21/h7-8,10-12H,5-6,9H2,1-4H3. The van der Waals surface area contributed by atoms with Crippen molar-refractivity contribution in [2.45, 2.75) is 38.5 Å². The highest BCUT2D eigenvalue weighted by molar-refractivity contribution is 7.93. The lowest BCUT2D eigenvalue weighted by Gasteiger charge is -2.31. The molecule has 6 heteroatoms. The van der Waals surface area contributed by atoms with Gasteiger partial charge in [-0.3, -0.25) is 9.10 Å². The number of carbonyl (C=O) groups is 1. The van der Waals surface area contributed by atoms with Crippen molar-refractivity contribution in [2.24, 2.45) is 0 Å². The molecule has 0 fully saturated rings. The summed E-state index contributed by atoms with van der Waals surface area (Å²) in [6.45, 7) is 5.66. The molecule has 26 heavy (non-hydrogen) atoms. The first-order valence-electron chi connectivity index (χ1n) is 8.57. The quantitative estimate of drug-likeness (QED) is 0.768. The summed E-state index contributed by atoms with van der Waals surface area (Å²) in [7, 11) is -2.33. The Hall–Kier alpha value is -2.34. The fourth-order valence-electron chi connectivity index (χ4n) is 3.25. The molecule has 2 aromatic rings. The monoisotopic (exact) mass is 373 g/mol. The molecular formula is C20H23NO4S. The first kappa shape index (κ1) is 18.5. The molecular weight excluding hydrogens is 350 g/mol. The molecule has 0 unspecified atom stereocenters. The van der Waals surface area contributed by atoms with Gasteiger partial charge in [-0.05, 0) is 68.5 Å². The average Bonchev–Trinajstić information content (AvgIpc) is 2.62. The predicted octanol–water partition coefficient (Wildman–Crippen LogP) is 3.66. The number of anilines is 1. The Kier molecular flexibility index (Phi) is 4.80. The van der Waals surface area contributed by atoms with Crippen LogP contribution >= 0.6 is 0 Å². The van der Waals surface area contributed by atoms with Crippen molar-refractivity contribution in [1.82, 2.24) is 0 Å². The van der Waals surface area contributed by atoms with Crippen LogP contribution in [-0.2, 0) is 16.4 Å². The van der Waals surface area contributed by atoms with Crippen LogP contribution < -0.4 is 9.04 Å². The number of ketones is 1. The Labute approximate surface area is 154 Å². The van der Waals surface area contributed by atoms with Crippen LogP contribution in [0.1, 0.15) is 40.4 Å². The maximum absolute atomic E-state index is 13.4. The van der Waals surface area contributed by atoms with Gasteiger partial charge in [0.05, 0.1) is 12.8 Å². The lowest BCUT2D eigenvalue weighted by Crippen LogP contribution is -2.36. The predicted molar refractivity (Wildman–Crippen MR) is 102 cm³/mol. The summed E-state index contributed by atoms with van der Waals surface area (Å²) in [5.41, 5.74) is 3.90. The number of nitrogens with zero attached hydrogens (tertiary/aromatic N) is 1. The van der Waals surface area contributed by atoms with E-state index in [1.807, 2.05) is 19.9 Å². The first-order valence-corrected chi connectivity index (χ1v) is 10.0. The highest BCUT2D eigenvalue weighted by Crippen LogP contribution is 2.36. The zero-order chi connectivity index (χ0) is 19.1. The van der Waals surface area contributed by atoms with E-state index < -0.39 is 10.0 Å². The number of Topliss-reactive ketones (excluding diaryl/α,β-unsaturated/α-hetero) is 1. The minimum absolute atomic E-state index is 0.0838. The number of ether oxygens (including phenoxy) is 1. The van der Waals surface area contributed by atoms with Crippen molar-refractivity contribution < 1.29 is 17.9 Å². The molecule has 0 aliphatic carbocycles. The van der Waals surface area contributed by atoms with Crippen molar-refractivity contribution in [1.29, 1.82) is 0 Å².